The van der Waals surface area contributed by atoms with E-state index in [0.717, 1.165) is 27.7 Å². The fourth-order valence-electron chi connectivity index (χ4n) is 3.25. The Hall–Kier alpha value is -2.76. The van der Waals surface area contributed by atoms with Crippen molar-refractivity contribution in [2.24, 2.45) is 0 Å². The molecule has 3 nitrogen and oxygen atoms in total. The monoisotopic (exact) mass is 402 g/mol. The molecule has 1 unspecified atom stereocenters. The zero-order valence-corrected chi connectivity index (χ0v) is 16.9. The third-order valence-electron chi connectivity index (χ3n) is 4.70. The van der Waals surface area contributed by atoms with Crippen LogP contribution in [-0.2, 0) is 0 Å². The Labute approximate surface area is 172 Å². The smallest absolute Gasteiger partial charge is 0.140 e. The van der Waals surface area contributed by atoms with Gasteiger partial charge in [-0.1, -0.05) is 36.4 Å². The maximum absolute atomic E-state index is 5.32. The van der Waals surface area contributed by atoms with Gasteiger partial charge in [0, 0.05) is 4.90 Å². The molecule has 28 heavy (non-hydrogen) atoms. The molecule has 1 atom stereocenters. The highest BCUT2D eigenvalue weighted by Gasteiger charge is 2.21. The number of anilines is 1. The van der Waals surface area contributed by atoms with Crippen LogP contribution in [-0.4, -0.2) is 12.1 Å². The Morgan fingerprint density at radius 3 is 2.54 bits per heavy atom. The quantitative estimate of drug-likeness (QED) is 0.418. The summed E-state index contributed by atoms with van der Waals surface area (Å²) in [5.41, 5.74) is 4.45. The number of hydrogen-bond donors (Lipinski definition) is 1. The molecule has 0 aliphatic carbocycles. The van der Waals surface area contributed by atoms with Crippen molar-refractivity contribution in [1.29, 1.82) is 0 Å². The van der Waals surface area contributed by atoms with Crippen molar-refractivity contribution >= 4 is 44.7 Å². The third kappa shape index (κ3) is 3.28. The maximum Gasteiger partial charge on any atom is 0.140 e. The summed E-state index contributed by atoms with van der Waals surface area (Å²) in [7, 11) is 1.70. The Morgan fingerprint density at radius 2 is 1.71 bits per heavy atom. The lowest BCUT2D eigenvalue weighted by Gasteiger charge is -2.13. The van der Waals surface area contributed by atoms with Crippen molar-refractivity contribution in [2.45, 2.75) is 10.1 Å². The molecule has 0 saturated carbocycles. The molecule has 0 radical (unpaired) electrons. The van der Waals surface area contributed by atoms with E-state index in [-0.39, 0.29) is 5.25 Å². The van der Waals surface area contributed by atoms with Crippen LogP contribution in [0.4, 0.5) is 5.69 Å². The number of rotatable bonds is 3. The second kappa shape index (κ2) is 7.34. The first-order valence-corrected chi connectivity index (χ1v) is 10.7. The molecule has 1 aliphatic heterocycles. The van der Waals surface area contributed by atoms with E-state index in [9.17, 15) is 0 Å². The van der Waals surface area contributed by atoms with E-state index in [4.69, 9.17) is 9.72 Å². The van der Waals surface area contributed by atoms with Crippen LogP contribution in [0.2, 0.25) is 0 Å². The van der Waals surface area contributed by atoms with Gasteiger partial charge < -0.3 is 10.1 Å². The number of nitrogens with one attached hydrogen (secondary N) is 1. The zero-order valence-electron chi connectivity index (χ0n) is 15.3. The van der Waals surface area contributed by atoms with Crippen LogP contribution in [0.1, 0.15) is 15.8 Å². The van der Waals surface area contributed by atoms with Gasteiger partial charge in [-0.25, -0.2) is 4.98 Å². The number of methoxy groups -OCH3 is 1. The summed E-state index contributed by atoms with van der Waals surface area (Å²) < 4.78 is 6.52. The molecule has 138 valence electrons. The lowest BCUT2D eigenvalue weighted by atomic mass is 10.1. The first kappa shape index (κ1) is 17.3. The van der Waals surface area contributed by atoms with Gasteiger partial charge in [0.15, 0.2) is 0 Å². The average molecular weight is 403 g/mol. The van der Waals surface area contributed by atoms with Gasteiger partial charge in [-0.3, -0.25) is 0 Å². The molecule has 0 saturated heterocycles. The lowest BCUT2D eigenvalue weighted by Crippen LogP contribution is -1.98. The van der Waals surface area contributed by atoms with Gasteiger partial charge in [0.2, 0.25) is 0 Å². The number of benzene rings is 3. The first-order chi connectivity index (χ1) is 13.8. The van der Waals surface area contributed by atoms with Gasteiger partial charge >= 0.3 is 0 Å². The average Bonchev–Trinajstić information content (AvgIpc) is 3.08. The molecule has 0 fully saturated rings. The molecular formula is C23H18N2OS2. The largest absolute Gasteiger partial charge is 0.497 e. The predicted octanol–water partition coefficient (Wildman–Crippen LogP) is 6.60. The van der Waals surface area contributed by atoms with E-state index in [0.29, 0.717) is 0 Å². The maximum atomic E-state index is 5.32. The van der Waals surface area contributed by atoms with Crippen LogP contribution in [0, 0.1) is 0 Å². The number of fused-ring (bicyclic) bond motifs is 2. The van der Waals surface area contributed by atoms with Crippen molar-refractivity contribution in [3.8, 4) is 5.75 Å². The minimum atomic E-state index is 0.184. The molecule has 5 heteroatoms. The minimum Gasteiger partial charge on any atom is -0.497 e. The first-order valence-electron chi connectivity index (χ1n) is 9.04. The second-order valence-electron chi connectivity index (χ2n) is 6.50. The number of nitrogens with zero attached hydrogens (tertiary/aromatic N) is 1. The topological polar surface area (TPSA) is 34.1 Å². The van der Waals surface area contributed by atoms with Crippen LogP contribution < -0.4 is 10.1 Å². The summed E-state index contributed by atoms with van der Waals surface area (Å²) in [6.07, 6.45) is 2.28. The lowest BCUT2D eigenvalue weighted by molar-refractivity contribution is 0.414. The number of thiazole rings is 1. The predicted molar refractivity (Wildman–Crippen MR) is 119 cm³/mol. The van der Waals surface area contributed by atoms with E-state index in [1.807, 2.05) is 30.0 Å². The molecule has 3 aromatic carbocycles. The highest BCUT2D eigenvalue weighted by atomic mass is 32.2. The highest BCUT2D eigenvalue weighted by molar-refractivity contribution is 7.99. The van der Waals surface area contributed by atoms with Crippen molar-refractivity contribution in [3.63, 3.8) is 0 Å². The van der Waals surface area contributed by atoms with Gasteiger partial charge in [0.1, 0.15) is 10.8 Å². The van der Waals surface area contributed by atoms with Crippen LogP contribution in [0.25, 0.3) is 15.9 Å². The molecule has 1 N–H and O–H groups in total. The Morgan fingerprint density at radius 1 is 0.929 bits per heavy atom. The molecule has 0 spiro atoms. The SMILES string of the molecule is COc1ccc(C2C=C(c3nc4ccccc4s3)Nc3ccccc3S2)cc1. The van der Waals surface area contributed by atoms with Gasteiger partial charge in [-0.05, 0) is 48.0 Å². The fourth-order valence-corrected chi connectivity index (χ4v) is 5.37. The summed E-state index contributed by atoms with van der Waals surface area (Å²) in [6.45, 7) is 0. The van der Waals surface area contributed by atoms with Gasteiger partial charge in [-0.2, -0.15) is 0 Å². The summed E-state index contributed by atoms with van der Waals surface area (Å²) in [5.74, 6) is 0.872. The molecule has 0 bridgehead atoms. The summed E-state index contributed by atoms with van der Waals surface area (Å²) in [6, 6.07) is 25.0. The van der Waals surface area contributed by atoms with Gasteiger partial charge in [-0.15, -0.1) is 23.1 Å². The molecule has 5 rings (SSSR count). The van der Waals surface area contributed by atoms with E-state index >= 15 is 0 Å². The molecular weight excluding hydrogens is 384 g/mol. The van der Waals surface area contributed by atoms with Crippen molar-refractivity contribution in [2.75, 3.05) is 12.4 Å². The molecule has 2 heterocycles. The molecule has 1 aromatic heterocycles. The number of para-hydroxylation sites is 2. The molecule has 1 aliphatic rings. The molecule has 0 amide bonds. The van der Waals surface area contributed by atoms with Gasteiger partial charge in [0.05, 0.1) is 34.0 Å². The van der Waals surface area contributed by atoms with Gasteiger partial charge in [0.25, 0.3) is 0 Å². The Kier molecular flexibility index (Phi) is 4.55. The number of ether oxygens (including phenoxy) is 1. The fraction of sp³-hybridized carbons (Fsp3) is 0.0870. The van der Waals surface area contributed by atoms with E-state index in [2.05, 4.69) is 66.0 Å². The molecule has 4 aromatic rings. The Bertz CT molecular complexity index is 1130. The Balaban J connectivity index is 1.61. The van der Waals surface area contributed by atoms with Crippen molar-refractivity contribution < 1.29 is 4.74 Å². The van der Waals surface area contributed by atoms with E-state index in [1.165, 1.54) is 15.2 Å². The van der Waals surface area contributed by atoms with E-state index in [1.54, 1.807) is 18.4 Å². The summed E-state index contributed by atoms with van der Waals surface area (Å²) in [5, 5.41) is 4.82. The van der Waals surface area contributed by atoms with Crippen LogP contribution in [0.3, 0.4) is 0 Å². The second-order valence-corrected chi connectivity index (χ2v) is 8.71. The summed E-state index contributed by atoms with van der Waals surface area (Å²) >= 11 is 3.57. The van der Waals surface area contributed by atoms with E-state index < -0.39 is 0 Å². The van der Waals surface area contributed by atoms with Crippen molar-refractivity contribution in [1.82, 2.24) is 4.98 Å². The standard InChI is InChI=1S/C23H18N2OS2/c1-26-16-12-10-15(11-13-16)22-14-19(24-17-6-2-4-8-20(17)27-22)23-25-18-7-3-5-9-21(18)28-23/h2-14,22,24H,1H3. The number of hydrogen-bond acceptors (Lipinski definition) is 5. The third-order valence-corrected chi connectivity index (χ3v) is 7.04. The minimum absolute atomic E-state index is 0.184. The number of thioether (sulfide) groups is 1. The normalized spacial score (nSPS) is 16.0. The van der Waals surface area contributed by atoms with Crippen LogP contribution >= 0.6 is 23.1 Å². The zero-order chi connectivity index (χ0) is 18.9. The van der Waals surface area contributed by atoms with Crippen molar-refractivity contribution in [3.05, 3.63) is 89.4 Å². The van der Waals surface area contributed by atoms with Crippen LogP contribution in [0.5, 0.6) is 5.75 Å². The highest BCUT2D eigenvalue weighted by Crippen LogP contribution is 2.45. The number of aromatic nitrogens is 1. The van der Waals surface area contributed by atoms with Crippen LogP contribution in [0.15, 0.2) is 83.8 Å². The summed E-state index contributed by atoms with van der Waals surface area (Å²) in [4.78, 5) is 6.10.